The van der Waals surface area contributed by atoms with Crippen LogP contribution in [0.25, 0.3) is 32.7 Å². The number of aromatic hydroxyl groups is 2. The van der Waals surface area contributed by atoms with Crippen molar-refractivity contribution in [2.75, 3.05) is 26.4 Å². The molecule has 10 heteroatoms. The Kier molecular flexibility index (Phi) is 6.47. The monoisotopic (exact) mass is 582 g/mol. The molecule has 4 aromatic carbocycles. The van der Waals surface area contributed by atoms with Crippen LogP contribution in [-0.4, -0.2) is 36.6 Å². The summed E-state index contributed by atoms with van der Waals surface area (Å²) in [6.45, 7) is 8.50. The smallest absolute Gasteiger partial charge is 0.365 e. The van der Waals surface area contributed by atoms with Gasteiger partial charge in [0.1, 0.15) is 22.1 Å². The molecule has 210 valence electrons. The summed E-state index contributed by atoms with van der Waals surface area (Å²) in [6.07, 6.45) is 0. The third-order valence-electron chi connectivity index (χ3n) is 7.34. The molecule has 4 aromatic rings. The quantitative estimate of drug-likeness (QED) is 0.252. The highest BCUT2D eigenvalue weighted by atomic mass is 31.2. The van der Waals surface area contributed by atoms with E-state index in [0.29, 0.717) is 21.5 Å². The fourth-order valence-electron chi connectivity index (χ4n) is 5.04. The molecule has 6 rings (SSSR count). The van der Waals surface area contributed by atoms with Crippen LogP contribution in [0.4, 0.5) is 0 Å². The lowest BCUT2D eigenvalue weighted by molar-refractivity contribution is 0.0460. The number of phenols is 2. The van der Waals surface area contributed by atoms with E-state index in [4.69, 9.17) is 18.1 Å². The predicted molar refractivity (Wildman–Crippen MR) is 156 cm³/mol. The van der Waals surface area contributed by atoms with Gasteiger partial charge in [-0.25, -0.2) is 0 Å². The highest BCUT2D eigenvalue weighted by molar-refractivity contribution is 7.63. The van der Waals surface area contributed by atoms with Crippen LogP contribution < -0.4 is 10.6 Å². The summed E-state index contributed by atoms with van der Waals surface area (Å²) < 4.78 is 51.1. The van der Waals surface area contributed by atoms with E-state index >= 15 is 0 Å². The first-order valence-corrected chi connectivity index (χ1v) is 16.2. The largest absolute Gasteiger partial charge is 0.506 e. The second-order valence-electron chi connectivity index (χ2n) is 12.1. The SMILES string of the molecule is CC1(C)COP(=O)(c2cc3ccccc3c(-c3c(O)c(P4(=O)OCC(C)(C)CO4)cc4ccccc34)c2O)OC1. The molecule has 0 amide bonds. The highest BCUT2D eigenvalue weighted by Crippen LogP contribution is 2.59. The van der Waals surface area contributed by atoms with Gasteiger partial charge in [-0.05, 0) is 33.7 Å². The third-order valence-corrected chi connectivity index (χ3v) is 11.1. The maximum Gasteiger partial charge on any atom is 0.365 e. The van der Waals surface area contributed by atoms with Gasteiger partial charge in [-0.1, -0.05) is 76.2 Å². The molecule has 0 bridgehead atoms. The molecule has 0 spiro atoms. The van der Waals surface area contributed by atoms with Gasteiger partial charge in [0, 0.05) is 22.0 Å². The Balaban J connectivity index is 1.65. The van der Waals surface area contributed by atoms with E-state index in [0.717, 1.165) is 0 Å². The predicted octanol–water partition coefficient (Wildman–Crippen LogP) is 6.85. The van der Waals surface area contributed by atoms with Crippen LogP contribution in [-0.2, 0) is 27.2 Å². The van der Waals surface area contributed by atoms with Crippen molar-refractivity contribution in [1.82, 2.24) is 0 Å². The van der Waals surface area contributed by atoms with Crippen LogP contribution in [0.3, 0.4) is 0 Å². The molecule has 40 heavy (non-hydrogen) atoms. The minimum atomic E-state index is -3.91. The summed E-state index contributed by atoms with van der Waals surface area (Å²) in [6, 6.07) is 17.7. The molecule has 0 unspecified atom stereocenters. The molecule has 2 N–H and O–H groups in total. The molecule has 8 nitrogen and oxygen atoms in total. The van der Waals surface area contributed by atoms with Crippen molar-refractivity contribution < 1.29 is 37.4 Å². The van der Waals surface area contributed by atoms with Crippen molar-refractivity contribution in [3.8, 4) is 22.6 Å². The van der Waals surface area contributed by atoms with Gasteiger partial charge in [0.15, 0.2) is 0 Å². The molecule has 2 heterocycles. The van der Waals surface area contributed by atoms with Crippen LogP contribution in [0.2, 0.25) is 0 Å². The van der Waals surface area contributed by atoms with Gasteiger partial charge in [0.05, 0.1) is 26.4 Å². The normalized spacial score (nSPS) is 21.4. The average Bonchev–Trinajstić information content (AvgIpc) is 2.92. The van der Waals surface area contributed by atoms with Crippen LogP contribution in [0.1, 0.15) is 27.7 Å². The van der Waals surface area contributed by atoms with Crippen LogP contribution in [0.15, 0.2) is 60.7 Å². The minimum Gasteiger partial charge on any atom is -0.506 e. The first kappa shape index (κ1) is 27.5. The van der Waals surface area contributed by atoms with Gasteiger partial charge in [-0.3, -0.25) is 9.13 Å². The summed E-state index contributed by atoms with van der Waals surface area (Å²) in [5.74, 6) is -0.687. The van der Waals surface area contributed by atoms with Gasteiger partial charge in [0.2, 0.25) is 0 Å². The maximum atomic E-state index is 14.0. The van der Waals surface area contributed by atoms with E-state index in [9.17, 15) is 19.3 Å². The summed E-state index contributed by atoms with van der Waals surface area (Å²) in [5, 5.41) is 26.2. The molecule has 0 atom stereocenters. The minimum absolute atomic E-state index is 0.00383. The van der Waals surface area contributed by atoms with Crippen molar-refractivity contribution >= 4 is 47.3 Å². The lowest BCUT2D eigenvalue weighted by Gasteiger charge is -2.35. The summed E-state index contributed by atoms with van der Waals surface area (Å²) in [5.41, 5.74) is -0.237. The van der Waals surface area contributed by atoms with Gasteiger partial charge in [-0.2, -0.15) is 0 Å². The number of hydrogen-bond acceptors (Lipinski definition) is 8. The zero-order valence-corrected chi connectivity index (χ0v) is 24.6. The zero-order valence-electron chi connectivity index (χ0n) is 22.8. The molecular formula is C30H32O8P2. The first-order chi connectivity index (χ1) is 18.8. The van der Waals surface area contributed by atoms with Crippen molar-refractivity contribution in [2.45, 2.75) is 27.7 Å². The van der Waals surface area contributed by atoms with E-state index in [-0.39, 0.29) is 70.5 Å². The van der Waals surface area contributed by atoms with Crippen molar-refractivity contribution in [2.24, 2.45) is 10.8 Å². The Morgan fingerprint density at radius 3 is 1.27 bits per heavy atom. The lowest BCUT2D eigenvalue weighted by Crippen LogP contribution is -2.32. The molecule has 2 saturated heterocycles. The molecule has 2 fully saturated rings. The van der Waals surface area contributed by atoms with Crippen LogP contribution in [0.5, 0.6) is 11.5 Å². The number of benzene rings is 4. The molecule has 0 aromatic heterocycles. The van der Waals surface area contributed by atoms with Gasteiger partial charge < -0.3 is 28.3 Å². The van der Waals surface area contributed by atoms with Gasteiger partial charge >= 0.3 is 15.2 Å². The second kappa shape index (κ2) is 9.42. The Labute approximate surface area is 232 Å². The van der Waals surface area contributed by atoms with Crippen molar-refractivity contribution in [1.29, 1.82) is 0 Å². The van der Waals surface area contributed by atoms with E-state index in [1.54, 1.807) is 24.3 Å². The lowest BCUT2D eigenvalue weighted by atomic mass is 9.92. The van der Waals surface area contributed by atoms with E-state index in [2.05, 4.69) is 0 Å². The number of hydrogen-bond donors (Lipinski definition) is 2. The topological polar surface area (TPSA) is 112 Å². The number of phenolic OH excluding ortho intramolecular Hbond substituents is 2. The molecule has 2 aliphatic heterocycles. The third kappa shape index (κ3) is 4.57. The van der Waals surface area contributed by atoms with E-state index in [1.165, 1.54) is 0 Å². The molecule has 0 aliphatic carbocycles. The highest BCUT2D eigenvalue weighted by Gasteiger charge is 2.43. The maximum absolute atomic E-state index is 14.0. The zero-order chi connectivity index (χ0) is 28.5. The summed E-state index contributed by atoms with van der Waals surface area (Å²) >= 11 is 0. The first-order valence-electron chi connectivity index (χ1n) is 13.1. The van der Waals surface area contributed by atoms with Crippen LogP contribution in [0, 0.1) is 10.8 Å². The number of fused-ring (bicyclic) bond motifs is 2. The van der Waals surface area contributed by atoms with Crippen molar-refractivity contribution in [3.05, 3.63) is 60.7 Å². The van der Waals surface area contributed by atoms with Crippen LogP contribution >= 0.6 is 15.2 Å². The summed E-state index contributed by atoms with van der Waals surface area (Å²) in [7, 11) is -7.83. The Morgan fingerprint density at radius 1 is 0.600 bits per heavy atom. The standard InChI is InChI=1S/C30H32O8P2/c1-29(2)15-35-39(33,36-16-29)23-13-19-9-5-7-11-21(19)25(27(23)31)26-22-12-8-6-10-20(22)14-24(28(26)32)40(34)37-17-30(3,4)18-38-40/h5-14,31-32H,15-18H2,1-4H3. The van der Waals surface area contributed by atoms with Gasteiger partial charge in [0.25, 0.3) is 0 Å². The number of rotatable bonds is 3. The fourth-order valence-corrected chi connectivity index (χ4v) is 9.16. The Morgan fingerprint density at radius 2 is 0.925 bits per heavy atom. The molecule has 0 saturated carbocycles. The van der Waals surface area contributed by atoms with Crippen molar-refractivity contribution in [3.63, 3.8) is 0 Å². The average molecular weight is 583 g/mol. The fraction of sp³-hybridized carbons (Fsp3) is 0.333. The molecular weight excluding hydrogens is 550 g/mol. The molecule has 0 radical (unpaired) electrons. The Hall–Kier alpha value is -2.70. The summed E-state index contributed by atoms with van der Waals surface area (Å²) in [4.78, 5) is 0. The van der Waals surface area contributed by atoms with E-state index in [1.807, 2.05) is 64.1 Å². The molecule has 2 aliphatic rings. The second-order valence-corrected chi connectivity index (χ2v) is 16.1. The van der Waals surface area contributed by atoms with Gasteiger partial charge in [-0.15, -0.1) is 0 Å². The van der Waals surface area contributed by atoms with E-state index < -0.39 is 15.2 Å². The Bertz CT molecular complexity index is 1600.